The van der Waals surface area contributed by atoms with Gasteiger partial charge in [-0.2, -0.15) is 15.3 Å². The van der Waals surface area contributed by atoms with Crippen LogP contribution < -0.4 is 136 Å². The van der Waals surface area contributed by atoms with Gasteiger partial charge in [0.2, 0.25) is 11.8 Å². The number of nitrogens with one attached hydrogen (secondary N) is 4. The van der Waals surface area contributed by atoms with Crippen LogP contribution in [0.2, 0.25) is 0 Å². The third-order valence-electron chi connectivity index (χ3n) is 16.6. The van der Waals surface area contributed by atoms with E-state index in [1.165, 1.54) is 61.5 Å². The van der Waals surface area contributed by atoms with Crippen LogP contribution in [0.5, 0.6) is 0 Å². The third-order valence-corrected chi connectivity index (χ3v) is 16.9. The molecule has 3 amide bonds. The van der Waals surface area contributed by atoms with Gasteiger partial charge in [0.25, 0.3) is 0 Å². The maximum absolute atomic E-state index is 13.7. The second kappa shape index (κ2) is 54.5. The molecule has 4 aliphatic heterocycles. The molecule has 10 rings (SSSR count). The summed E-state index contributed by atoms with van der Waals surface area (Å²) < 4.78 is 178. The first-order chi connectivity index (χ1) is 54.0. The predicted molar refractivity (Wildman–Crippen MR) is 403 cm³/mol. The summed E-state index contributed by atoms with van der Waals surface area (Å²) in [4.78, 5) is 53.6. The van der Waals surface area contributed by atoms with Gasteiger partial charge in [-0.05, 0) is 152 Å². The first-order valence-electron chi connectivity index (χ1n) is 35.6. The number of carbonyl (C=O) groups is 4. The Morgan fingerprint density at radius 3 is 1.40 bits per heavy atom. The van der Waals surface area contributed by atoms with E-state index < -0.39 is 113 Å². The van der Waals surface area contributed by atoms with Crippen LogP contribution in [-0.2, 0) is 97.4 Å². The normalized spacial score (nSPS) is 19.1. The summed E-state index contributed by atoms with van der Waals surface area (Å²) in [6.45, 7) is 10.8. The van der Waals surface area contributed by atoms with E-state index in [0.717, 1.165) is 11.1 Å². The molecule has 0 unspecified atom stereocenters. The van der Waals surface area contributed by atoms with Crippen LogP contribution in [0.15, 0.2) is 143 Å². The van der Waals surface area contributed by atoms with E-state index in [1.807, 2.05) is 11.8 Å². The van der Waals surface area contributed by atoms with Gasteiger partial charge in [0, 0.05) is 33.1 Å². The zero-order chi connectivity index (χ0) is 82.7. The van der Waals surface area contributed by atoms with Crippen molar-refractivity contribution in [3.63, 3.8) is 0 Å². The van der Waals surface area contributed by atoms with Gasteiger partial charge in [-0.15, -0.1) is 24.0 Å². The van der Waals surface area contributed by atoms with Gasteiger partial charge in [-0.3, -0.25) is 24.2 Å². The molecule has 6 aromatic carbocycles. The van der Waals surface area contributed by atoms with Crippen LogP contribution in [0.3, 0.4) is 0 Å². The van der Waals surface area contributed by atoms with Crippen molar-refractivity contribution in [1.82, 2.24) is 31.4 Å². The van der Waals surface area contributed by atoms with Crippen molar-refractivity contribution < 1.29 is 210 Å². The number of amidine groups is 2. The van der Waals surface area contributed by atoms with Crippen molar-refractivity contribution >= 4 is 65.7 Å². The van der Waals surface area contributed by atoms with E-state index in [9.17, 15) is 63.1 Å². The van der Waals surface area contributed by atoms with Crippen LogP contribution in [0.4, 0.5) is 48.7 Å². The minimum absolute atomic E-state index is 0. The number of morpholine rings is 3. The number of amides is 3. The molecule has 0 radical (unpaired) electrons. The van der Waals surface area contributed by atoms with Crippen molar-refractivity contribution in [2.24, 2.45) is 26.8 Å². The Balaban J connectivity index is 0.000000409. The van der Waals surface area contributed by atoms with E-state index in [0.29, 0.717) is 107 Å². The maximum Gasteiger partial charge on any atom is 1.00 e. The Morgan fingerprint density at radius 1 is 0.643 bits per heavy atom. The molecule has 3 saturated heterocycles. The molecule has 0 aliphatic carbocycles. The van der Waals surface area contributed by atoms with Gasteiger partial charge in [-0.25, -0.2) is 60.6 Å². The number of halogens is 12. The Morgan fingerprint density at radius 2 is 1.03 bits per heavy atom. The van der Waals surface area contributed by atoms with Gasteiger partial charge >= 0.3 is 115 Å². The number of carbonyl (C=O) groups excluding carboxylic acids is 4. The first kappa shape index (κ1) is 102. The van der Waals surface area contributed by atoms with Gasteiger partial charge in [0.15, 0.2) is 20.2 Å². The summed E-state index contributed by atoms with van der Waals surface area (Å²) in [5.74, 6) is -1.04. The summed E-state index contributed by atoms with van der Waals surface area (Å²) in [7, 11) is 0. The second-order valence-corrected chi connectivity index (χ2v) is 26.7. The monoisotopic (exact) mass is 1720 g/mol. The fourth-order valence-corrected chi connectivity index (χ4v) is 11.7. The molecule has 115 heavy (non-hydrogen) atoms. The van der Waals surface area contributed by atoms with Gasteiger partial charge in [0.1, 0.15) is 74.8 Å². The average Bonchev–Trinajstić information content (AvgIpc) is 0.969. The third kappa shape index (κ3) is 36.1. The average molecular weight is 1720 g/mol. The van der Waals surface area contributed by atoms with Crippen LogP contribution in [0, 0.1) is 24.3 Å². The van der Waals surface area contributed by atoms with E-state index in [1.54, 1.807) is 107 Å². The van der Waals surface area contributed by atoms with Crippen LogP contribution in [0.25, 0.3) is 0 Å². The number of ether oxygens (including phenoxy) is 7. The second-order valence-electron chi connectivity index (χ2n) is 26.4. The molecule has 3 fully saturated rings. The van der Waals surface area contributed by atoms with Crippen LogP contribution in [0.1, 0.15) is 159 Å². The zero-order valence-electron chi connectivity index (χ0n) is 66.0. The van der Waals surface area contributed by atoms with Crippen molar-refractivity contribution in [2.45, 2.75) is 156 Å². The van der Waals surface area contributed by atoms with E-state index in [4.69, 9.17) is 57.6 Å². The Bertz CT molecular complexity index is 4030. The summed E-state index contributed by atoms with van der Waals surface area (Å²) in [5.41, 5.74) is 24.7. The number of rotatable bonds is 27. The molecular formula is C77H94Cl2F10K2N11O13+. The number of nitrogens with zero attached hydrogens (tertiary/aromatic N) is 5. The quantitative estimate of drug-likeness (QED) is 0.00328. The summed E-state index contributed by atoms with van der Waals surface area (Å²) in [6, 6.07) is 31.4. The van der Waals surface area contributed by atoms with Crippen molar-refractivity contribution in [3.05, 3.63) is 218 Å². The molecule has 4 heterocycles. The number of alkyl halides is 7. The SMILES string of the molecule is CC(=O)N/N=C(\N)CCl.C[C@@H](O[C@H]1OCCN(C/C(N)=N/NC(=O)OC(C)(C)C)[C@H]1c1ccc(F)cc1)c1cc(CF)cc(CF)c1.C[C@@H](O[C@H]1OCCN(CC2=NNC(=O)C2)[C@H]1c1ccc(F)cc1)c1cc(CF)cc(CF)c1.C[C@@H](O[C@H]1OCCN[C@H]1c1ccc(F)cc1)c1cc(CF)cc(CF)c1.Cl.[2H]C(=O)OO[CH-]F.[K+].[K+]. The number of hydrogen-bond donors (Lipinski definition) is 6. The molecule has 0 aromatic heterocycles. The maximum atomic E-state index is 13.7. The fraction of sp³-hybridized carbons (Fsp3) is 0.429. The van der Waals surface area contributed by atoms with E-state index in [2.05, 4.69) is 51.6 Å². The predicted octanol–water partition coefficient (Wildman–Crippen LogP) is 7.93. The first-order valence-corrected chi connectivity index (χ1v) is 35.6. The van der Waals surface area contributed by atoms with Crippen LogP contribution >= 0.6 is 24.0 Å². The molecule has 0 spiro atoms. The van der Waals surface area contributed by atoms with Gasteiger partial charge in [0.05, 0.1) is 80.8 Å². The number of hydrogen-bond acceptors (Lipinski definition) is 19. The largest absolute Gasteiger partial charge is 1.00 e. The van der Waals surface area contributed by atoms with Crippen LogP contribution in [-0.4, -0.2) is 134 Å². The molecular weight excluding hydrogens is 1630 g/mol. The molecule has 0 bridgehead atoms. The summed E-state index contributed by atoms with van der Waals surface area (Å²) in [5, 5.41) is 14.7. The van der Waals surface area contributed by atoms with E-state index in [-0.39, 0.29) is 182 Å². The number of benzene rings is 6. The molecule has 8 N–H and O–H groups in total. The standard InChI is InChI=1S/C27H35F3N4O4.C24H26F3N3O3.C20H22F3NO2.C4H8ClN3O.C2H2FO3.ClH.2K/c1-17(21-12-18(14-28)11-19(13-21)15-29)37-25-24(20-5-7-22(30)8-6-20)34(9-10-36-25)16-23(31)32-33-26(35)38-27(2,3)4;1-15(19-9-16(12-25)8-17(10-19)13-26)33-24-23(18-2-4-20(27)5-3-18)30(6-7-32-24)14-21-11-22(31)29-28-21;1-13(17-9-14(11-21)8-15(10-17)12-22)26-20-19(24-6-7-25-20)16-2-4-18(23)5-3-16;1-3(9)7-8-4(6)2-5;3-1-5-6-2-4;;;/h5-8,11-13,17,24-25H,9-10,14-16H2,1-4H3,(H2,31,32)(H,33,35);2-5,8-10,15,23-24H,6-7,11-14H2,1H3,(H,29,31);2-5,8-10,13,19-20,24H,6-7,11-12H2,1H3;2H2,1H3,(H2,6,8)(H,7,9);1-2H;1H;;/q;;;;-1;;2*+1/t17-,24+,25-;15-,23+,24-;13-,19+,20-;;;;;/m111...../s1/i;;;;2D;;;. The molecule has 38 heteroatoms. The molecule has 0 saturated carbocycles. The molecule has 4 aliphatic rings. The Hall–Kier alpha value is -5.64. The smallest absolute Gasteiger partial charge is 0.443 e. The van der Waals surface area contributed by atoms with Crippen molar-refractivity contribution in [2.75, 3.05) is 58.4 Å². The summed E-state index contributed by atoms with van der Waals surface area (Å²) >= 11 is 5.23. The zero-order valence-corrected chi connectivity index (χ0v) is 72.8. The number of nitrogens with two attached hydrogens (primary N) is 2. The topological polar surface area (TPSA) is 295 Å². The van der Waals surface area contributed by atoms with Crippen molar-refractivity contribution in [1.29, 1.82) is 0 Å². The molecule has 620 valence electrons. The Kier molecular flexibility index (Phi) is 48.2. The molecule has 24 nitrogen and oxygen atoms in total. The Labute approximate surface area is 759 Å². The van der Waals surface area contributed by atoms with Crippen molar-refractivity contribution in [3.8, 4) is 0 Å². The fourth-order valence-electron chi connectivity index (χ4n) is 11.7. The minimum Gasteiger partial charge on any atom is -0.443 e. The van der Waals surface area contributed by atoms with E-state index >= 15 is 0 Å². The molecule has 9 atom stereocenters. The summed E-state index contributed by atoms with van der Waals surface area (Å²) in [6.07, 6.45) is -5.60. The minimum atomic E-state index is -1.44. The van der Waals surface area contributed by atoms with Gasteiger partial charge < -0.3 is 64.1 Å². The number of hydrazone groups is 3. The van der Waals surface area contributed by atoms with Gasteiger partial charge in [-0.1, -0.05) is 91.0 Å². The molecule has 6 aromatic rings.